The SMILES string of the molecule is CCOc1ccc(Cl)cc1CCNC(=O)c1ccnn1C. The Labute approximate surface area is 128 Å². The van der Waals surface area contributed by atoms with Gasteiger partial charge in [-0.2, -0.15) is 5.10 Å². The third-order valence-electron chi connectivity index (χ3n) is 3.06. The first-order valence-corrected chi connectivity index (χ1v) is 7.17. The number of carbonyl (C=O) groups is 1. The summed E-state index contributed by atoms with van der Waals surface area (Å²) >= 11 is 6.01. The fourth-order valence-corrected chi connectivity index (χ4v) is 2.23. The van der Waals surface area contributed by atoms with Crippen LogP contribution in [0.15, 0.2) is 30.5 Å². The van der Waals surface area contributed by atoms with E-state index in [1.54, 1.807) is 30.1 Å². The fraction of sp³-hybridized carbons (Fsp3) is 0.333. The van der Waals surface area contributed by atoms with Gasteiger partial charge >= 0.3 is 0 Å². The number of benzene rings is 1. The lowest BCUT2D eigenvalue weighted by molar-refractivity contribution is 0.0944. The van der Waals surface area contributed by atoms with Gasteiger partial charge in [0.1, 0.15) is 11.4 Å². The van der Waals surface area contributed by atoms with E-state index in [0.717, 1.165) is 11.3 Å². The molecule has 0 bridgehead atoms. The summed E-state index contributed by atoms with van der Waals surface area (Å²) in [4.78, 5) is 12.0. The Hall–Kier alpha value is -2.01. The molecule has 1 aromatic heterocycles. The number of nitrogens with zero attached hydrogens (tertiary/aromatic N) is 2. The molecule has 5 nitrogen and oxygen atoms in total. The largest absolute Gasteiger partial charge is 0.494 e. The molecule has 0 saturated heterocycles. The highest BCUT2D eigenvalue weighted by Crippen LogP contribution is 2.23. The molecule has 2 aromatic rings. The Kier molecular flexibility index (Phi) is 5.22. The zero-order valence-electron chi connectivity index (χ0n) is 12.1. The number of nitrogens with one attached hydrogen (secondary N) is 1. The van der Waals surface area contributed by atoms with E-state index in [-0.39, 0.29) is 5.91 Å². The zero-order valence-corrected chi connectivity index (χ0v) is 12.9. The second-order valence-electron chi connectivity index (χ2n) is 4.53. The minimum atomic E-state index is -0.144. The van der Waals surface area contributed by atoms with E-state index < -0.39 is 0 Å². The molecule has 21 heavy (non-hydrogen) atoms. The Morgan fingerprint density at radius 3 is 2.90 bits per heavy atom. The normalized spacial score (nSPS) is 10.4. The van der Waals surface area contributed by atoms with Crippen LogP contribution >= 0.6 is 11.6 Å². The molecule has 1 aromatic carbocycles. The predicted octanol–water partition coefficient (Wildman–Crippen LogP) is 2.44. The van der Waals surface area contributed by atoms with Gasteiger partial charge in [-0.05, 0) is 43.2 Å². The van der Waals surface area contributed by atoms with Crippen molar-refractivity contribution in [3.05, 3.63) is 46.7 Å². The summed E-state index contributed by atoms with van der Waals surface area (Å²) in [5.41, 5.74) is 1.51. The lowest BCUT2D eigenvalue weighted by Gasteiger charge is -2.11. The van der Waals surface area contributed by atoms with Crippen LogP contribution in [0.3, 0.4) is 0 Å². The first-order valence-electron chi connectivity index (χ1n) is 6.79. The van der Waals surface area contributed by atoms with Gasteiger partial charge < -0.3 is 10.1 Å². The van der Waals surface area contributed by atoms with Gasteiger partial charge in [0.25, 0.3) is 5.91 Å². The molecule has 0 aliphatic heterocycles. The number of halogens is 1. The summed E-state index contributed by atoms with van der Waals surface area (Å²) in [6.07, 6.45) is 2.25. The van der Waals surface area contributed by atoms with E-state index in [1.807, 2.05) is 19.1 Å². The van der Waals surface area contributed by atoms with E-state index >= 15 is 0 Å². The number of hydrogen-bond acceptors (Lipinski definition) is 3. The van der Waals surface area contributed by atoms with E-state index in [9.17, 15) is 4.79 Å². The lowest BCUT2D eigenvalue weighted by Crippen LogP contribution is -2.27. The Morgan fingerprint density at radius 1 is 1.43 bits per heavy atom. The van der Waals surface area contributed by atoms with Gasteiger partial charge in [-0.25, -0.2) is 0 Å². The molecule has 1 N–H and O–H groups in total. The minimum absolute atomic E-state index is 0.144. The van der Waals surface area contributed by atoms with Crippen molar-refractivity contribution >= 4 is 17.5 Å². The van der Waals surface area contributed by atoms with Gasteiger partial charge in [-0.15, -0.1) is 0 Å². The fourth-order valence-electron chi connectivity index (χ4n) is 2.04. The molecular formula is C15H18ClN3O2. The minimum Gasteiger partial charge on any atom is -0.494 e. The Morgan fingerprint density at radius 2 is 2.24 bits per heavy atom. The van der Waals surface area contributed by atoms with Gasteiger partial charge in [0.2, 0.25) is 0 Å². The van der Waals surface area contributed by atoms with Crippen LogP contribution in [0.2, 0.25) is 5.02 Å². The molecule has 0 atom stereocenters. The Bertz CT molecular complexity index is 625. The van der Waals surface area contributed by atoms with Crippen molar-refractivity contribution in [1.82, 2.24) is 15.1 Å². The van der Waals surface area contributed by atoms with Crippen LogP contribution in [-0.4, -0.2) is 28.8 Å². The summed E-state index contributed by atoms with van der Waals surface area (Å²) in [6.45, 7) is 3.03. The van der Waals surface area contributed by atoms with Crippen LogP contribution in [0.25, 0.3) is 0 Å². The van der Waals surface area contributed by atoms with Gasteiger partial charge in [0.15, 0.2) is 0 Å². The van der Waals surface area contributed by atoms with Crippen LogP contribution < -0.4 is 10.1 Å². The summed E-state index contributed by atoms with van der Waals surface area (Å²) in [5.74, 6) is 0.659. The molecule has 0 saturated carbocycles. The van der Waals surface area contributed by atoms with E-state index in [0.29, 0.717) is 30.3 Å². The van der Waals surface area contributed by atoms with Crippen LogP contribution in [0.4, 0.5) is 0 Å². The molecule has 112 valence electrons. The number of amides is 1. The standard InChI is InChI=1S/C15H18ClN3O2/c1-3-21-14-5-4-12(16)10-11(14)6-8-17-15(20)13-7-9-18-19(13)2/h4-5,7,9-10H,3,6,8H2,1-2H3,(H,17,20). The molecule has 0 spiro atoms. The maximum absolute atomic E-state index is 12.0. The molecule has 6 heteroatoms. The Balaban J connectivity index is 1.96. The van der Waals surface area contributed by atoms with E-state index in [4.69, 9.17) is 16.3 Å². The highest BCUT2D eigenvalue weighted by molar-refractivity contribution is 6.30. The van der Waals surface area contributed by atoms with Crippen molar-refractivity contribution in [2.24, 2.45) is 7.05 Å². The highest BCUT2D eigenvalue weighted by Gasteiger charge is 2.10. The number of aromatic nitrogens is 2. The number of rotatable bonds is 6. The number of aryl methyl sites for hydroxylation is 1. The van der Waals surface area contributed by atoms with E-state index in [2.05, 4.69) is 10.4 Å². The molecule has 1 heterocycles. The second-order valence-corrected chi connectivity index (χ2v) is 4.97. The van der Waals surface area contributed by atoms with Crippen molar-refractivity contribution in [3.63, 3.8) is 0 Å². The number of hydrogen-bond donors (Lipinski definition) is 1. The second kappa shape index (κ2) is 7.13. The first-order chi connectivity index (χ1) is 10.1. The van der Waals surface area contributed by atoms with Crippen molar-refractivity contribution in [3.8, 4) is 5.75 Å². The van der Waals surface area contributed by atoms with E-state index in [1.165, 1.54) is 0 Å². The molecule has 0 unspecified atom stereocenters. The average Bonchev–Trinajstić information content (AvgIpc) is 2.88. The summed E-state index contributed by atoms with van der Waals surface area (Å²) < 4.78 is 7.10. The molecule has 0 aliphatic carbocycles. The highest BCUT2D eigenvalue weighted by atomic mass is 35.5. The molecule has 0 aliphatic rings. The predicted molar refractivity (Wildman–Crippen MR) is 81.9 cm³/mol. The smallest absolute Gasteiger partial charge is 0.269 e. The lowest BCUT2D eigenvalue weighted by atomic mass is 10.1. The summed E-state index contributed by atoms with van der Waals surface area (Å²) in [5, 5.41) is 7.50. The van der Waals surface area contributed by atoms with Crippen LogP contribution in [-0.2, 0) is 13.5 Å². The zero-order chi connectivity index (χ0) is 15.2. The first kappa shape index (κ1) is 15.4. The van der Waals surface area contributed by atoms with Crippen LogP contribution in [0, 0.1) is 0 Å². The van der Waals surface area contributed by atoms with Crippen LogP contribution in [0.1, 0.15) is 23.0 Å². The maximum atomic E-state index is 12.0. The maximum Gasteiger partial charge on any atom is 0.269 e. The number of carbonyl (C=O) groups excluding carboxylic acids is 1. The van der Waals surface area contributed by atoms with Gasteiger partial charge in [-0.1, -0.05) is 11.6 Å². The monoisotopic (exact) mass is 307 g/mol. The quantitative estimate of drug-likeness (QED) is 0.892. The van der Waals surface area contributed by atoms with Crippen LogP contribution in [0.5, 0.6) is 5.75 Å². The third kappa shape index (κ3) is 3.98. The third-order valence-corrected chi connectivity index (χ3v) is 3.29. The van der Waals surface area contributed by atoms with Gasteiger partial charge in [-0.3, -0.25) is 9.48 Å². The van der Waals surface area contributed by atoms with Gasteiger partial charge in [0, 0.05) is 24.8 Å². The summed E-state index contributed by atoms with van der Waals surface area (Å²) in [7, 11) is 1.74. The topological polar surface area (TPSA) is 56.1 Å². The number of ether oxygens (including phenoxy) is 1. The molecule has 0 fully saturated rings. The van der Waals surface area contributed by atoms with Crippen molar-refractivity contribution in [1.29, 1.82) is 0 Å². The van der Waals surface area contributed by atoms with Gasteiger partial charge in [0.05, 0.1) is 6.61 Å². The van der Waals surface area contributed by atoms with Crippen molar-refractivity contribution in [2.45, 2.75) is 13.3 Å². The van der Waals surface area contributed by atoms with Crippen molar-refractivity contribution in [2.75, 3.05) is 13.2 Å². The molecule has 2 rings (SSSR count). The molecule has 0 radical (unpaired) electrons. The van der Waals surface area contributed by atoms with Crippen molar-refractivity contribution < 1.29 is 9.53 Å². The average molecular weight is 308 g/mol. The summed E-state index contributed by atoms with van der Waals surface area (Å²) in [6, 6.07) is 7.19. The molecule has 1 amide bonds. The molecular weight excluding hydrogens is 290 g/mol.